The smallest absolute Gasteiger partial charge is 0.307 e. The summed E-state index contributed by atoms with van der Waals surface area (Å²) in [6.45, 7) is 7.22. The maximum atomic E-state index is 12.0. The molecule has 6 nitrogen and oxygen atoms in total. The highest BCUT2D eigenvalue weighted by Gasteiger charge is 2.63. The van der Waals surface area contributed by atoms with Gasteiger partial charge in [0.05, 0.1) is 12.2 Å². The number of carbonyl (C=O) groups excluding carboxylic acids is 1. The predicted molar refractivity (Wildman–Crippen MR) is 167 cm³/mol. The van der Waals surface area contributed by atoms with E-state index < -0.39 is 0 Å². The maximum absolute atomic E-state index is 12.0. The molecule has 8 aliphatic rings. The number of aliphatic hydroxyl groups is 2. The minimum Gasteiger partial charge on any atom is -0.438 e. The van der Waals surface area contributed by atoms with Crippen molar-refractivity contribution in [3.05, 3.63) is 0 Å². The molecule has 0 spiro atoms. The Kier molecular flexibility index (Phi) is 9.90. The Bertz CT molecular complexity index is 925. The molecule has 43 heavy (non-hydrogen) atoms. The molecule has 6 heteroatoms. The molecule has 8 aliphatic carbocycles. The van der Waals surface area contributed by atoms with Crippen molar-refractivity contribution < 1.29 is 29.2 Å². The lowest BCUT2D eigenvalue weighted by Crippen LogP contribution is -2.58. The third-order valence-electron chi connectivity index (χ3n) is 15.0. The van der Waals surface area contributed by atoms with Gasteiger partial charge in [-0.3, -0.25) is 4.79 Å². The molecule has 4 bridgehead atoms. The molecular formula is C37H62O6. The summed E-state index contributed by atoms with van der Waals surface area (Å²) in [6, 6.07) is 0. The summed E-state index contributed by atoms with van der Waals surface area (Å²) in [5.41, 5.74) is 0.465. The fourth-order valence-corrected chi connectivity index (χ4v) is 13.2. The Morgan fingerprint density at radius 1 is 0.907 bits per heavy atom. The van der Waals surface area contributed by atoms with E-state index in [0.29, 0.717) is 41.6 Å². The molecule has 0 heterocycles. The van der Waals surface area contributed by atoms with Gasteiger partial charge in [-0.1, -0.05) is 33.6 Å². The summed E-state index contributed by atoms with van der Waals surface area (Å²) in [7, 11) is 1.54. The molecule has 0 aromatic carbocycles. The first kappa shape index (κ1) is 32.3. The molecule has 9 atom stereocenters. The van der Waals surface area contributed by atoms with Crippen LogP contribution in [0.1, 0.15) is 124 Å². The second kappa shape index (κ2) is 13.2. The number of fused-ring (bicyclic) bond motifs is 5. The third-order valence-corrected chi connectivity index (χ3v) is 15.0. The number of hydrogen-bond acceptors (Lipinski definition) is 6. The Labute approximate surface area is 261 Å². The molecule has 8 fully saturated rings. The lowest BCUT2D eigenvalue weighted by atomic mass is 9.44. The van der Waals surface area contributed by atoms with Gasteiger partial charge in [-0.05, 0) is 153 Å². The predicted octanol–water partition coefficient (Wildman–Crippen LogP) is 7.35. The van der Waals surface area contributed by atoms with Crippen molar-refractivity contribution in [1.29, 1.82) is 0 Å². The summed E-state index contributed by atoms with van der Waals surface area (Å²) in [4.78, 5) is 12.0. The standard InChI is InChI=1S/C26H44O4.C11H18O2/c1-17(8-13-24(28)30-16-29-4)20-11-12-21-19-10-9-18-7-5-6-14-25(18,2)22(19)15-23(27)26(20,21)3;12-6-13-11-9-2-7-1-8(4-9)5-10(11)3-7/h17-23,27H,5-16H2,1-4H3;7-12H,1-6H2/t17?,18?,19?,20?,21?,22?,23-,25-,26+;/m0./s1. The largest absolute Gasteiger partial charge is 0.438 e. The fraction of sp³-hybridized carbons (Fsp3) is 0.973. The van der Waals surface area contributed by atoms with E-state index in [1.165, 1.54) is 90.6 Å². The van der Waals surface area contributed by atoms with Crippen LogP contribution in [0.25, 0.3) is 0 Å². The summed E-state index contributed by atoms with van der Waals surface area (Å²) in [5.74, 6) is 7.38. The van der Waals surface area contributed by atoms with Gasteiger partial charge in [0.15, 0.2) is 6.79 Å². The molecule has 0 aromatic rings. The highest BCUT2D eigenvalue weighted by Crippen LogP contribution is 2.68. The Hall–Kier alpha value is -0.690. The second-order valence-corrected chi connectivity index (χ2v) is 16.8. The maximum Gasteiger partial charge on any atom is 0.307 e. The van der Waals surface area contributed by atoms with E-state index in [1.807, 2.05) is 0 Å². The second-order valence-electron chi connectivity index (χ2n) is 16.8. The van der Waals surface area contributed by atoms with Crippen LogP contribution in [0.15, 0.2) is 0 Å². The molecule has 0 aliphatic heterocycles. The van der Waals surface area contributed by atoms with E-state index in [0.717, 1.165) is 48.3 Å². The van der Waals surface area contributed by atoms with Gasteiger partial charge in [0.1, 0.15) is 6.79 Å². The number of ether oxygens (including phenoxy) is 3. The Morgan fingerprint density at radius 2 is 1.63 bits per heavy atom. The van der Waals surface area contributed by atoms with Gasteiger partial charge in [-0.25, -0.2) is 0 Å². The van der Waals surface area contributed by atoms with Crippen molar-refractivity contribution in [2.45, 2.75) is 136 Å². The third kappa shape index (κ3) is 5.98. The first-order chi connectivity index (χ1) is 20.7. The van der Waals surface area contributed by atoms with Gasteiger partial charge >= 0.3 is 5.97 Å². The van der Waals surface area contributed by atoms with Gasteiger partial charge in [-0.15, -0.1) is 0 Å². The number of esters is 1. The first-order valence-corrected chi connectivity index (χ1v) is 18.2. The molecule has 8 rings (SSSR count). The molecule has 0 radical (unpaired) electrons. The van der Waals surface area contributed by atoms with Crippen molar-refractivity contribution in [2.75, 3.05) is 20.7 Å². The molecule has 0 saturated heterocycles. The fourth-order valence-electron chi connectivity index (χ4n) is 13.2. The highest BCUT2D eigenvalue weighted by molar-refractivity contribution is 5.69. The zero-order valence-corrected chi connectivity index (χ0v) is 27.7. The van der Waals surface area contributed by atoms with Crippen LogP contribution in [0.4, 0.5) is 0 Å². The average molecular weight is 603 g/mol. The summed E-state index contributed by atoms with van der Waals surface area (Å²) in [6.07, 6.45) is 20.3. The Morgan fingerprint density at radius 3 is 2.30 bits per heavy atom. The molecule has 8 saturated carbocycles. The van der Waals surface area contributed by atoms with Crippen LogP contribution in [0, 0.1) is 70.0 Å². The monoisotopic (exact) mass is 602 g/mol. The molecule has 6 unspecified atom stereocenters. The zero-order chi connectivity index (χ0) is 30.4. The van der Waals surface area contributed by atoms with E-state index in [-0.39, 0.29) is 31.1 Å². The van der Waals surface area contributed by atoms with Gasteiger partial charge in [-0.2, -0.15) is 0 Å². The minimum absolute atomic E-state index is 0.00881. The van der Waals surface area contributed by atoms with Gasteiger partial charge < -0.3 is 24.4 Å². The van der Waals surface area contributed by atoms with Crippen LogP contribution in [0.3, 0.4) is 0 Å². The van der Waals surface area contributed by atoms with Crippen molar-refractivity contribution in [1.82, 2.24) is 0 Å². The summed E-state index contributed by atoms with van der Waals surface area (Å²) < 4.78 is 15.4. The average Bonchev–Trinajstić information content (AvgIpc) is 3.35. The van der Waals surface area contributed by atoms with Crippen molar-refractivity contribution >= 4 is 5.97 Å². The zero-order valence-electron chi connectivity index (χ0n) is 27.7. The summed E-state index contributed by atoms with van der Waals surface area (Å²) in [5, 5.41) is 20.4. The summed E-state index contributed by atoms with van der Waals surface area (Å²) >= 11 is 0. The topological polar surface area (TPSA) is 85.2 Å². The van der Waals surface area contributed by atoms with Crippen LogP contribution in [0.5, 0.6) is 0 Å². The molecule has 2 N–H and O–H groups in total. The van der Waals surface area contributed by atoms with Crippen LogP contribution >= 0.6 is 0 Å². The lowest BCUT2D eigenvalue weighted by Gasteiger charge is -2.62. The van der Waals surface area contributed by atoms with E-state index in [2.05, 4.69) is 20.8 Å². The number of hydrogen-bond donors (Lipinski definition) is 2. The van der Waals surface area contributed by atoms with Gasteiger partial charge in [0, 0.05) is 13.5 Å². The van der Waals surface area contributed by atoms with E-state index in [4.69, 9.17) is 19.3 Å². The van der Waals surface area contributed by atoms with Crippen LogP contribution < -0.4 is 0 Å². The SMILES string of the molecule is COCOC(=O)CCC(C)C1CCC2C3CCC4CCCC[C@]4(C)C3C[C@H](O)[C@]12C.OCOC1C2CC3CC(C2)CC1C3. The van der Waals surface area contributed by atoms with Crippen molar-refractivity contribution in [2.24, 2.45) is 70.0 Å². The molecule has 0 amide bonds. The number of aliphatic hydroxyl groups excluding tert-OH is 2. The van der Waals surface area contributed by atoms with Crippen LogP contribution in [-0.4, -0.2) is 49.1 Å². The van der Waals surface area contributed by atoms with Crippen molar-refractivity contribution in [3.63, 3.8) is 0 Å². The number of methoxy groups -OCH3 is 1. The Balaban J connectivity index is 0.000000208. The minimum atomic E-state index is -0.198. The van der Waals surface area contributed by atoms with Gasteiger partial charge in [0.25, 0.3) is 0 Å². The first-order valence-electron chi connectivity index (χ1n) is 18.2. The van der Waals surface area contributed by atoms with Crippen LogP contribution in [0.2, 0.25) is 0 Å². The van der Waals surface area contributed by atoms with Gasteiger partial charge in [0.2, 0.25) is 0 Å². The highest BCUT2D eigenvalue weighted by atomic mass is 16.7. The van der Waals surface area contributed by atoms with E-state index in [1.54, 1.807) is 0 Å². The molecular weight excluding hydrogens is 540 g/mol. The van der Waals surface area contributed by atoms with Crippen LogP contribution in [-0.2, 0) is 19.0 Å². The number of rotatable bonds is 8. The van der Waals surface area contributed by atoms with E-state index >= 15 is 0 Å². The normalized spacial score (nSPS) is 48.4. The lowest BCUT2D eigenvalue weighted by molar-refractivity contribution is -0.168. The quantitative estimate of drug-likeness (QED) is 0.223. The van der Waals surface area contributed by atoms with E-state index in [9.17, 15) is 9.90 Å². The molecule has 0 aromatic heterocycles. The number of carbonyl (C=O) groups is 1. The molecule has 246 valence electrons. The van der Waals surface area contributed by atoms with Crippen molar-refractivity contribution in [3.8, 4) is 0 Å².